The minimum atomic E-state index is -3.29. The summed E-state index contributed by atoms with van der Waals surface area (Å²) in [6.07, 6.45) is 35.4. The Morgan fingerprint density at radius 3 is 1.35 bits per heavy atom. The predicted octanol–water partition coefficient (Wildman–Crippen LogP) is 17.1. The lowest BCUT2D eigenvalue weighted by atomic mass is 9.47. The van der Waals surface area contributed by atoms with Gasteiger partial charge in [-0.25, -0.2) is 9.46 Å². The molecule has 8 unspecified atom stereocenters. The number of ether oxygens (including phenoxy) is 4. The molecule has 2 aromatic carbocycles. The molecule has 16 atom stereocenters. The summed E-state index contributed by atoms with van der Waals surface area (Å²) in [5.41, 5.74) is 5.13. The molecule has 10 rings (SSSR count). The smallest absolute Gasteiger partial charge is 0.384 e. The first-order valence-electron chi connectivity index (χ1n) is 34.4. The molecule has 7 nitrogen and oxygen atoms in total. The molecule has 0 bridgehead atoms. The van der Waals surface area contributed by atoms with Gasteiger partial charge in [-0.15, -0.1) is 0 Å². The topological polar surface area (TPSA) is 64.6 Å². The van der Waals surface area contributed by atoms with Crippen molar-refractivity contribution in [1.29, 1.82) is 0 Å². The van der Waals surface area contributed by atoms with Crippen LogP contribution in [0.4, 0.5) is 0 Å². The van der Waals surface area contributed by atoms with Gasteiger partial charge in [0.2, 0.25) is 0 Å². The molecular formula is C74H116O7Si. The Hall–Kier alpha value is -2.14. The average molecular weight is 1150 g/mol. The van der Waals surface area contributed by atoms with Gasteiger partial charge in [0, 0.05) is 10.4 Å². The molecule has 458 valence electrons. The van der Waals surface area contributed by atoms with Gasteiger partial charge in [-0.05, 0) is 195 Å². The molecule has 8 aliphatic rings. The van der Waals surface area contributed by atoms with Gasteiger partial charge in [0.15, 0.2) is 0 Å². The molecule has 0 radical (unpaired) electrons. The summed E-state index contributed by atoms with van der Waals surface area (Å²) in [6.45, 7) is 29.2. The first-order chi connectivity index (χ1) is 39.6. The molecule has 0 N–H and O–H groups in total. The molecule has 6 saturated carbocycles. The van der Waals surface area contributed by atoms with E-state index in [-0.39, 0.29) is 18.8 Å². The van der Waals surface area contributed by atoms with Gasteiger partial charge < -0.3 is 23.4 Å². The highest BCUT2D eigenvalue weighted by atomic mass is 28.4. The van der Waals surface area contributed by atoms with E-state index in [2.05, 4.69) is 106 Å². The SMILES string of the molecule is CC(C)CCC[C@@H](C)[C@H]1CCC2C3CC=C4CC(OCCOCCOO[Si](OCCOCCOC5CC[C@@]6(C)C(=CCC7C6CC[C@@]6(C)C7CC[C@@H]6[C@H](C)CCCC(C)C)C5)(c5ccccc5)c5ccccc5)CC[C@]4(C)C3CC[C@@]21C. The van der Waals surface area contributed by atoms with Crippen LogP contribution in [0.3, 0.4) is 0 Å². The van der Waals surface area contributed by atoms with Crippen molar-refractivity contribution in [3.8, 4) is 0 Å². The van der Waals surface area contributed by atoms with Crippen LogP contribution in [0.25, 0.3) is 0 Å². The molecule has 0 amide bonds. The molecule has 2 aromatic rings. The Morgan fingerprint density at radius 1 is 0.463 bits per heavy atom. The van der Waals surface area contributed by atoms with Crippen molar-refractivity contribution >= 4 is 18.9 Å². The van der Waals surface area contributed by atoms with Crippen molar-refractivity contribution in [3.63, 3.8) is 0 Å². The number of hydrogen-bond acceptors (Lipinski definition) is 7. The van der Waals surface area contributed by atoms with E-state index in [0.717, 1.165) is 107 Å². The normalized spacial score (nSPS) is 35.9. The van der Waals surface area contributed by atoms with E-state index >= 15 is 0 Å². The summed E-state index contributed by atoms with van der Waals surface area (Å²) >= 11 is 0. The lowest BCUT2D eigenvalue weighted by molar-refractivity contribution is -0.236. The lowest BCUT2D eigenvalue weighted by Gasteiger charge is -2.58. The van der Waals surface area contributed by atoms with E-state index in [9.17, 15) is 0 Å². The van der Waals surface area contributed by atoms with Crippen LogP contribution < -0.4 is 10.4 Å². The quantitative estimate of drug-likeness (QED) is 0.0264. The van der Waals surface area contributed by atoms with Crippen molar-refractivity contribution < 1.29 is 32.8 Å². The molecule has 0 aromatic heterocycles. The van der Waals surface area contributed by atoms with Crippen molar-refractivity contribution in [3.05, 3.63) is 84.0 Å². The van der Waals surface area contributed by atoms with Crippen LogP contribution in [-0.2, 0) is 32.8 Å². The zero-order valence-electron chi connectivity index (χ0n) is 53.6. The monoisotopic (exact) mass is 1140 g/mol. The number of allylic oxidation sites excluding steroid dienone is 2. The van der Waals surface area contributed by atoms with Gasteiger partial charge in [0.05, 0.1) is 58.5 Å². The van der Waals surface area contributed by atoms with Crippen LogP contribution in [0.15, 0.2) is 84.0 Å². The highest BCUT2D eigenvalue weighted by Crippen LogP contribution is 2.69. The summed E-state index contributed by atoms with van der Waals surface area (Å²) in [5, 5.41) is 1.98. The number of hydrogen-bond donors (Lipinski definition) is 0. The first-order valence-corrected chi connectivity index (χ1v) is 36.2. The second-order valence-corrected chi connectivity index (χ2v) is 33.2. The van der Waals surface area contributed by atoms with Crippen molar-refractivity contribution in [2.24, 2.45) is 92.7 Å². The molecule has 0 saturated heterocycles. The van der Waals surface area contributed by atoms with E-state index in [1.165, 1.54) is 116 Å². The largest absolute Gasteiger partial charge is 0.440 e. The standard InChI is InChI=1S/C74H116O7Si/c1-53(2)19-17-21-55(5)65-31-33-67-63-29-27-57-51-59(35-39-71(57,7)69(63)37-41-73(65,67)9)77-47-43-75-45-49-79-81-82(61-23-13-11-14-24-61,62-25-15-12-16-26-62)80-50-46-76-44-48-78-60-36-40-72(8)58(52-60)28-30-64-68-34-32-66(56(6)22-18-20-54(3)4)74(68,10)42-38-70(64)72/h11-16,23-28,53-56,59-60,63-70H,17-22,29-52H2,1-10H3/t55-,56-,59?,60?,63?,64?,65-,66-,67?,68?,69?,70?,71+,72+,73-,74-/m1/s1. The van der Waals surface area contributed by atoms with Crippen LogP contribution in [0.1, 0.15) is 210 Å². The Morgan fingerprint density at radius 2 is 0.902 bits per heavy atom. The van der Waals surface area contributed by atoms with Gasteiger partial charge in [0.25, 0.3) is 0 Å². The Labute approximate surface area is 501 Å². The second-order valence-electron chi connectivity index (χ2n) is 30.4. The molecule has 82 heavy (non-hydrogen) atoms. The summed E-state index contributed by atoms with van der Waals surface area (Å²) in [5.74, 6) is 10.4. The molecule has 0 heterocycles. The van der Waals surface area contributed by atoms with E-state index in [0.29, 0.717) is 67.9 Å². The van der Waals surface area contributed by atoms with Crippen molar-refractivity contribution in [1.82, 2.24) is 0 Å². The molecule has 6 fully saturated rings. The fourth-order valence-electron chi connectivity index (χ4n) is 20.6. The van der Waals surface area contributed by atoms with Gasteiger partial charge >= 0.3 is 8.56 Å². The summed E-state index contributed by atoms with van der Waals surface area (Å²) in [6, 6.07) is 20.6. The van der Waals surface area contributed by atoms with Crippen molar-refractivity contribution in [2.45, 2.75) is 223 Å². The fraction of sp³-hybridized carbons (Fsp3) is 0.784. The molecule has 0 spiro atoms. The zero-order valence-corrected chi connectivity index (χ0v) is 54.6. The minimum Gasteiger partial charge on any atom is -0.384 e. The fourth-order valence-corrected chi connectivity index (χ4v) is 23.4. The zero-order chi connectivity index (χ0) is 57.5. The molecule has 0 aliphatic heterocycles. The Kier molecular flexibility index (Phi) is 21.4. The van der Waals surface area contributed by atoms with Gasteiger partial charge in [-0.2, -0.15) is 0 Å². The number of benzene rings is 2. The lowest BCUT2D eigenvalue weighted by Crippen LogP contribution is -2.63. The Bertz CT molecular complexity index is 2310. The third-order valence-electron chi connectivity index (χ3n) is 25.0. The van der Waals surface area contributed by atoms with Gasteiger partial charge in [0.1, 0.15) is 6.61 Å². The maximum Gasteiger partial charge on any atom is 0.440 e. The van der Waals surface area contributed by atoms with Gasteiger partial charge in [-0.3, -0.25) is 0 Å². The number of rotatable bonds is 29. The van der Waals surface area contributed by atoms with E-state index < -0.39 is 8.56 Å². The maximum atomic E-state index is 6.88. The third kappa shape index (κ3) is 13.5. The highest BCUT2D eigenvalue weighted by Gasteiger charge is 2.61. The summed E-state index contributed by atoms with van der Waals surface area (Å²) < 4.78 is 38.9. The van der Waals surface area contributed by atoms with E-state index in [1.54, 1.807) is 11.1 Å². The highest BCUT2D eigenvalue weighted by molar-refractivity contribution is 6.92. The predicted molar refractivity (Wildman–Crippen MR) is 338 cm³/mol. The van der Waals surface area contributed by atoms with Crippen LogP contribution in [0.2, 0.25) is 0 Å². The summed E-state index contributed by atoms with van der Waals surface area (Å²) in [4.78, 5) is 6.08. The third-order valence-corrected chi connectivity index (χ3v) is 28.2. The average Bonchev–Trinajstić information content (AvgIpc) is 3.73. The number of fused-ring (bicyclic) bond motifs is 10. The Balaban J connectivity index is 0.640. The minimum absolute atomic E-state index is 0.272. The maximum absolute atomic E-state index is 6.88. The summed E-state index contributed by atoms with van der Waals surface area (Å²) in [7, 11) is -3.29. The first kappa shape index (κ1) is 62.9. The van der Waals surface area contributed by atoms with Crippen molar-refractivity contribution in [2.75, 3.05) is 52.9 Å². The molecule has 8 heteroatoms. The molecular weight excluding hydrogens is 1030 g/mol. The van der Waals surface area contributed by atoms with Crippen LogP contribution in [-0.4, -0.2) is 73.6 Å². The van der Waals surface area contributed by atoms with E-state index in [4.69, 9.17) is 32.8 Å². The van der Waals surface area contributed by atoms with E-state index in [1.807, 2.05) is 36.4 Å². The van der Waals surface area contributed by atoms with Crippen LogP contribution in [0, 0.1) is 92.7 Å². The van der Waals surface area contributed by atoms with Crippen LogP contribution in [0.5, 0.6) is 0 Å². The molecule has 8 aliphatic carbocycles. The second kappa shape index (κ2) is 27.9. The van der Waals surface area contributed by atoms with Gasteiger partial charge in [-0.1, -0.05) is 192 Å². The van der Waals surface area contributed by atoms with Crippen LogP contribution >= 0.6 is 0 Å².